The van der Waals surface area contributed by atoms with E-state index in [1.165, 1.54) is 24.3 Å². The molecule has 0 saturated carbocycles. The van der Waals surface area contributed by atoms with E-state index in [1.54, 1.807) is 19.3 Å². The second-order valence-electron chi connectivity index (χ2n) is 5.27. The highest BCUT2D eigenvalue weighted by Crippen LogP contribution is 2.10. The van der Waals surface area contributed by atoms with Gasteiger partial charge < -0.3 is 14.5 Å². The molecule has 0 atom stereocenters. The van der Waals surface area contributed by atoms with Crippen LogP contribution in [0.3, 0.4) is 0 Å². The molecule has 0 spiro atoms. The Kier molecular flexibility index (Phi) is 7.17. The summed E-state index contributed by atoms with van der Waals surface area (Å²) in [6, 6.07) is 9.45. The zero-order valence-electron chi connectivity index (χ0n) is 14.0. The monoisotopic (exact) mass is 366 g/mol. The van der Waals surface area contributed by atoms with Crippen LogP contribution < -0.4 is 10.0 Å². The minimum absolute atomic E-state index is 0.136. The lowest BCUT2D eigenvalue weighted by atomic mass is 10.2. The topological polar surface area (TPSA) is 97.6 Å². The molecule has 7 nitrogen and oxygen atoms in total. The summed E-state index contributed by atoms with van der Waals surface area (Å²) >= 11 is 0. The Hall–Kier alpha value is -2.16. The fraction of sp³-hybridized carbons (Fsp3) is 0.353. The van der Waals surface area contributed by atoms with E-state index in [0.717, 1.165) is 5.76 Å². The third kappa shape index (κ3) is 6.00. The summed E-state index contributed by atoms with van der Waals surface area (Å²) in [5.41, 5.74) is 0.409. The summed E-state index contributed by atoms with van der Waals surface area (Å²) in [7, 11) is -3.50. The van der Waals surface area contributed by atoms with E-state index in [1.807, 2.05) is 6.07 Å². The van der Waals surface area contributed by atoms with Gasteiger partial charge in [0.15, 0.2) is 0 Å². The molecule has 136 valence electrons. The van der Waals surface area contributed by atoms with Gasteiger partial charge in [0.1, 0.15) is 12.4 Å². The minimum atomic E-state index is -3.50. The van der Waals surface area contributed by atoms with Crippen LogP contribution in [0.5, 0.6) is 0 Å². The summed E-state index contributed by atoms with van der Waals surface area (Å²) in [5, 5.41) is 2.77. The molecular formula is C17H22N2O5S. The first-order chi connectivity index (χ1) is 12.0. The summed E-state index contributed by atoms with van der Waals surface area (Å²) in [6.45, 7) is 3.39. The Morgan fingerprint density at radius 1 is 1.20 bits per heavy atom. The first-order valence-electron chi connectivity index (χ1n) is 8.01. The van der Waals surface area contributed by atoms with E-state index in [0.29, 0.717) is 38.3 Å². The molecule has 0 radical (unpaired) electrons. The van der Waals surface area contributed by atoms with Crippen molar-refractivity contribution < 1.29 is 22.4 Å². The van der Waals surface area contributed by atoms with Crippen LogP contribution in [0, 0.1) is 0 Å². The molecule has 1 amide bonds. The van der Waals surface area contributed by atoms with Gasteiger partial charge >= 0.3 is 0 Å². The average Bonchev–Trinajstić information content (AvgIpc) is 3.11. The van der Waals surface area contributed by atoms with E-state index in [4.69, 9.17) is 9.15 Å². The molecule has 1 aromatic carbocycles. The van der Waals surface area contributed by atoms with Gasteiger partial charge in [-0.2, -0.15) is 0 Å². The summed E-state index contributed by atoms with van der Waals surface area (Å²) in [6.07, 6.45) is 2.26. The number of hydrogen-bond acceptors (Lipinski definition) is 5. The molecule has 0 aliphatic rings. The van der Waals surface area contributed by atoms with Gasteiger partial charge in [0.25, 0.3) is 5.91 Å². The number of rotatable bonds is 10. The van der Waals surface area contributed by atoms with Gasteiger partial charge in [-0.25, -0.2) is 13.1 Å². The molecule has 0 aliphatic heterocycles. The smallest absolute Gasteiger partial charge is 0.251 e. The zero-order chi connectivity index (χ0) is 18.1. The predicted octanol–water partition coefficient (Wildman–Crippen LogP) is 1.91. The van der Waals surface area contributed by atoms with Crippen molar-refractivity contribution in [2.24, 2.45) is 0 Å². The summed E-state index contributed by atoms with van der Waals surface area (Å²) < 4.78 is 36.6. The number of furan rings is 1. The maximum atomic E-state index is 12.0. The number of sulfonamides is 1. The molecule has 2 N–H and O–H groups in total. The molecule has 1 aromatic heterocycles. The van der Waals surface area contributed by atoms with Crippen LogP contribution in [0.1, 0.15) is 29.5 Å². The van der Waals surface area contributed by atoms with Crippen molar-refractivity contribution in [1.29, 1.82) is 0 Å². The first-order valence-corrected chi connectivity index (χ1v) is 9.49. The van der Waals surface area contributed by atoms with Gasteiger partial charge in [-0.05, 0) is 42.8 Å². The molecule has 1 heterocycles. The van der Waals surface area contributed by atoms with Gasteiger partial charge in [0.2, 0.25) is 10.0 Å². The third-order valence-electron chi connectivity index (χ3n) is 3.34. The lowest BCUT2D eigenvalue weighted by molar-refractivity contribution is 0.0917. The molecule has 0 aliphatic carbocycles. The quantitative estimate of drug-likeness (QED) is 0.626. The van der Waals surface area contributed by atoms with E-state index in [2.05, 4.69) is 10.0 Å². The SMILES string of the molecule is CCNS(=O)(=O)c1ccc(C(=O)NCCCOCc2ccco2)cc1. The van der Waals surface area contributed by atoms with Crippen molar-refractivity contribution in [3.05, 3.63) is 54.0 Å². The number of ether oxygens (including phenoxy) is 1. The summed E-state index contributed by atoms with van der Waals surface area (Å²) in [4.78, 5) is 12.2. The molecule has 0 saturated heterocycles. The van der Waals surface area contributed by atoms with Gasteiger partial charge in [-0.15, -0.1) is 0 Å². The first kappa shape index (κ1) is 19.2. The fourth-order valence-corrected chi connectivity index (χ4v) is 3.15. The molecule has 0 bridgehead atoms. The highest BCUT2D eigenvalue weighted by Gasteiger charge is 2.13. The second-order valence-corrected chi connectivity index (χ2v) is 7.03. The largest absolute Gasteiger partial charge is 0.467 e. The lowest BCUT2D eigenvalue weighted by Gasteiger charge is -2.07. The standard InChI is InChI=1S/C17H22N2O5S/c1-2-19-25(21,22)16-8-6-14(7-9-16)17(20)18-10-4-11-23-13-15-5-3-12-24-15/h3,5-9,12,19H,2,4,10-11,13H2,1H3,(H,18,20). The van der Waals surface area contributed by atoms with Crippen LogP contribution >= 0.6 is 0 Å². The normalized spacial score (nSPS) is 11.4. The highest BCUT2D eigenvalue weighted by atomic mass is 32.2. The number of carbonyl (C=O) groups excluding carboxylic acids is 1. The molecule has 0 fully saturated rings. The van der Waals surface area contributed by atoms with Crippen LogP contribution in [0.2, 0.25) is 0 Å². The molecule has 2 rings (SSSR count). The third-order valence-corrected chi connectivity index (χ3v) is 4.90. The van der Waals surface area contributed by atoms with Crippen molar-refractivity contribution in [2.75, 3.05) is 19.7 Å². The van der Waals surface area contributed by atoms with Crippen molar-refractivity contribution in [3.8, 4) is 0 Å². The van der Waals surface area contributed by atoms with Crippen LogP contribution in [-0.4, -0.2) is 34.0 Å². The highest BCUT2D eigenvalue weighted by molar-refractivity contribution is 7.89. The Bertz CT molecular complexity index is 755. The van der Waals surface area contributed by atoms with E-state index >= 15 is 0 Å². The Morgan fingerprint density at radius 3 is 2.60 bits per heavy atom. The number of carbonyl (C=O) groups is 1. The number of amides is 1. The molecule has 0 unspecified atom stereocenters. The Labute approximate surface area is 147 Å². The predicted molar refractivity (Wildman–Crippen MR) is 92.6 cm³/mol. The van der Waals surface area contributed by atoms with Crippen molar-refractivity contribution in [1.82, 2.24) is 10.0 Å². The zero-order valence-corrected chi connectivity index (χ0v) is 14.8. The van der Waals surface area contributed by atoms with E-state index < -0.39 is 10.0 Å². The average molecular weight is 366 g/mol. The van der Waals surface area contributed by atoms with E-state index in [-0.39, 0.29) is 10.8 Å². The number of benzene rings is 1. The maximum Gasteiger partial charge on any atom is 0.251 e. The van der Waals surface area contributed by atoms with Crippen molar-refractivity contribution in [3.63, 3.8) is 0 Å². The lowest BCUT2D eigenvalue weighted by Crippen LogP contribution is -2.26. The fourth-order valence-electron chi connectivity index (χ4n) is 2.10. The molecular weight excluding hydrogens is 344 g/mol. The maximum absolute atomic E-state index is 12.0. The number of hydrogen-bond donors (Lipinski definition) is 2. The van der Waals surface area contributed by atoms with Crippen LogP contribution in [-0.2, 0) is 21.4 Å². The summed E-state index contributed by atoms with van der Waals surface area (Å²) in [5.74, 6) is 0.509. The van der Waals surface area contributed by atoms with E-state index in [9.17, 15) is 13.2 Å². The molecule has 25 heavy (non-hydrogen) atoms. The van der Waals surface area contributed by atoms with Gasteiger partial charge in [-0.3, -0.25) is 4.79 Å². The van der Waals surface area contributed by atoms with Gasteiger partial charge in [0.05, 0.1) is 11.2 Å². The van der Waals surface area contributed by atoms with Crippen LogP contribution in [0.25, 0.3) is 0 Å². The molecule has 8 heteroatoms. The van der Waals surface area contributed by atoms with Crippen LogP contribution in [0.4, 0.5) is 0 Å². The van der Waals surface area contributed by atoms with Crippen molar-refractivity contribution in [2.45, 2.75) is 24.8 Å². The van der Waals surface area contributed by atoms with Crippen LogP contribution in [0.15, 0.2) is 52.0 Å². The molecule has 2 aromatic rings. The van der Waals surface area contributed by atoms with Crippen molar-refractivity contribution >= 4 is 15.9 Å². The second kappa shape index (κ2) is 9.36. The van der Waals surface area contributed by atoms with Gasteiger partial charge in [-0.1, -0.05) is 6.92 Å². The number of nitrogens with one attached hydrogen (secondary N) is 2. The van der Waals surface area contributed by atoms with Gasteiger partial charge in [0, 0.05) is 25.3 Å². The minimum Gasteiger partial charge on any atom is -0.467 e. The Balaban J connectivity index is 1.71. The Morgan fingerprint density at radius 2 is 1.96 bits per heavy atom.